The highest BCUT2D eigenvalue weighted by Crippen LogP contribution is 2.46. The van der Waals surface area contributed by atoms with Crippen molar-refractivity contribution in [3.63, 3.8) is 0 Å². The van der Waals surface area contributed by atoms with Crippen LogP contribution < -0.4 is 5.01 Å². The minimum atomic E-state index is -0.207. The molecule has 4 rings (SSSR count). The second-order valence-electron chi connectivity index (χ2n) is 7.99. The summed E-state index contributed by atoms with van der Waals surface area (Å²) in [6.45, 7) is 7.47. The number of anilines is 1. The molecular weight excluding hydrogens is 349 g/mol. The number of likely N-dealkylation sites (N-methyl/N-ethyl adjacent to an activating group) is 1. The van der Waals surface area contributed by atoms with Gasteiger partial charge in [0, 0.05) is 37.7 Å². The second-order valence-corrected chi connectivity index (χ2v) is 7.99. The smallest absolute Gasteiger partial charge is 0.125 e. The number of hydrazine groups is 1. The zero-order chi connectivity index (χ0) is 19.8. The predicted molar refractivity (Wildman–Crippen MR) is 114 cm³/mol. The summed E-state index contributed by atoms with van der Waals surface area (Å²) in [4.78, 5) is 2.37. The lowest BCUT2D eigenvalue weighted by molar-refractivity contribution is 0.385. The van der Waals surface area contributed by atoms with E-state index in [0.717, 1.165) is 37.2 Å². The highest BCUT2D eigenvalue weighted by atomic mass is 19.1. The molecule has 1 aromatic carbocycles. The normalized spacial score (nSPS) is 19.7. The third-order valence-electron chi connectivity index (χ3n) is 6.15. The maximum Gasteiger partial charge on any atom is 0.125 e. The summed E-state index contributed by atoms with van der Waals surface area (Å²) >= 11 is 0. The first kappa shape index (κ1) is 18.9. The summed E-state index contributed by atoms with van der Waals surface area (Å²) < 4.78 is 13.7. The van der Waals surface area contributed by atoms with Gasteiger partial charge >= 0.3 is 0 Å². The number of hydrogen-bond donors (Lipinski definition) is 0. The lowest BCUT2D eigenvalue weighted by Crippen LogP contribution is -2.36. The molecule has 0 bridgehead atoms. The molecule has 148 valence electrons. The molecule has 0 saturated heterocycles. The van der Waals surface area contributed by atoms with Gasteiger partial charge in [0.25, 0.3) is 0 Å². The summed E-state index contributed by atoms with van der Waals surface area (Å²) in [5, 5.41) is 4.19. The van der Waals surface area contributed by atoms with Crippen LogP contribution in [0.2, 0.25) is 0 Å². The third-order valence-corrected chi connectivity index (χ3v) is 6.15. The van der Waals surface area contributed by atoms with Crippen molar-refractivity contribution in [3.8, 4) is 0 Å². The molecular formula is C24H30FN3. The van der Waals surface area contributed by atoms with E-state index < -0.39 is 0 Å². The minimum absolute atomic E-state index is 0.207. The van der Waals surface area contributed by atoms with Gasteiger partial charge in [-0.25, -0.2) is 4.39 Å². The molecule has 4 heteroatoms. The van der Waals surface area contributed by atoms with Gasteiger partial charge in [0.2, 0.25) is 0 Å². The monoisotopic (exact) mass is 379 g/mol. The molecule has 0 amide bonds. The van der Waals surface area contributed by atoms with Crippen molar-refractivity contribution in [2.75, 3.05) is 25.6 Å². The van der Waals surface area contributed by atoms with Crippen LogP contribution in [0.1, 0.15) is 39.0 Å². The Labute approximate surface area is 168 Å². The van der Waals surface area contributed by atoms with E-state index in [0.29, 0.717) is 5.92 Å². The van der Waals surface area contributed by atoms with Crippen LogP contribution in [0.15, 0.2) is 71.2 Å². The van der Waals surface area contributed by atoms with Crippen LogP contribution in [0.4, 0.5) is 10.1 Å². The Morgan fingerprint density at radius 1 is 1.14 bits per heavy atom. The Morgan fingerprint density at radius 3 is 2.61 bits per heavy atom. The van der Waals surface area contributed by atoms with Crippen molar-refractivity contribution in [2.45, 2.75) is 39.0 Å². The van der Waals surface area contributed by atoms with Gasteiger partial charge in [-0.3, -0.25) is 10.0 Å². The number of hydrogen-bond acceptors (Lipinski definition) is 3. The first-order valence-corrected chi connectivity index (χ1v) is 10.3. The van der Waals surface area contributed by atoms with Crippen molar-refractivity contribution in [3.05, 3.63) is 77.1 Å². The zero-order valence-electron chi connectivity index (χ0n) is 17.2. The molecule has 1 fully saturated rings. The fourth-order valence-corrected chi connectivity index (χ4v) is 4.36. The van der Waals surface area contributed by atoms with E-state index in [1.807, 2.05) is 18.1 Å². The molecule has 28 heavy (non-hydrogen) atoms. The number of nitrogens with zero attached hydrogens (tertiary/aromatic N) is 3. The van der Waals surface area contributed by atoms with Gasteiger partial charge in [-0.1, -0.05) is 12.6 Å². The molecule has 3 nitrogen and oxygen atoms in total. The summed E-state index contributed by atoms with van der Waals surface area (Å²) in [5.41, 5.74) is 7.53. The maximum atomic E-state index is 13.7. The van der Waals surface area contributed by atoms with E-state index >= 15 is 0 Å². The Balaban J connectivity index is 1.69. The summed E-state index contributed by atoms with van der Waals surface area (Å²) in [6, 6.07) is 6.77. The average molecular weight is 380 g/mol. The van der Waals surface area contributed by atoms with Crippen molar-refractivity contribution >= 4 is 5.69 Å². The molecule has 3 aliphatic rings. The summed E-state index contributed by atoms with van der Waals surface area (Å²) in [5.74, 6) is 0.475. The summed E-state index contributed by atoms with van der Waals surface area (Å²) in [7, 11) is 4.07. The Morgan fingerprint density at radius 2 is 1.93 bits per heavy atom. The molecule has 0 unspecified atom stereocenters. The number of rotatable bonds is 5. The fraction of sp³-hybridized carbons (Fsp3) is 0.417. The van der Waals surface area contributed by atoms with Gasteiger partial charge < -0.3 is 4.90 Å². The van der Waals surface area contributed by atoms with Crippen LogP contribution in [0, 0.1) is 11.7 Å². The standard InChI is InChI=1S/C24H30FN3/c1-5-28-17(2)14-22(18-12-13-18)23-16-21(10-7-11-24(23)28)27(4)26(3)20-9-6-8-19(25)15-20/h6,8-9,14-16,18H,2,5,7,10-13H2,1,3-4H3. The average Bonchev–Trinajstić information content (AvgIpc) is 3.53. The van der Waals surface area contributed by atoms with Crippen LogP contribution in [0.3, 0.4) is 0 Å². The Bertz CT molecular complexity index is 876. The number of benzene rings is 1. The van der Waals surface area contributed by atoms with Crippen molar-refractivity contribution < 1.29 is 4.39 Å². The first-order valence-electron chi connectivity index (χ1n) is 10.3. The lowest BCUT2D eigenvalue weighted by Gasteiger charge is -2.35. The quantitative estimate of drug-likeness (QED) is 0.615. The van der Waals surface area contributed by atoms with E-state index in [1.165, 1.54) is 41.4 Å². The van der Waals surface area contributed by atoms with Gasteiger partial charge in [-0.15, -0.1) is 0 Å². The predicted octanol–water partition coefficient (Wildman–Crippen LogP) is 5.62. The highest BCUT2D eigenvalue weighted by Gasteiger charge is 2.34. The first-order chi connectivity index (χ1) is 13.5. The number of allylic oxidation sites excluding steroid dienone is 6. The van der Waals surface area contributed by atoms with Crippen molar-refractivity contribution in [1.82, 2.24) is 9.91 Å². The summed E-state index contributed by atoms with van der Waals surface area (Å²) in [6.07, 6.45) is 10.4. The largest absolute Gasteiger partial charge is 0.345 e. The Kier molecular flexibility index (Phi) is 5.05. The zero-order valence-corrected chi connectivity index (χ0v) is 17.2. The van der Waals surface area contributed by atoms with Crippen LogP contribution in [0.25, 0.3) is 0 Å². The van der Waals surface area contributed by atoms with Crippen LogP contribution in [0.5, 0.6) is 0 Å². The van der Waals surface area contributed by atoms with Crippen molar-refractivity contribution in [1.29, 1.82) is 0 Å². The van der Waals surface area contributed by atoms with E-state index in [2.05, 4.69) is 42.6 Å². The van der Waals surface area contributed by atoms with E-state index in [-0.39, 0.29) is 5.82 Å². The van der Waals surface area contributed by atoms with E-state index in [1.54, 1.807) is 12.1 Å². The SMILES string of the molecule is C=C1C=C(C2CC2)C2=C(CCCC(N(C)N(C)c3cccc(F)c3)=C2)N1CC. The molecule has 2 aliphatic carbocycles. The second kappa shape index (κ2) is 7.50. The Hall–Kier alpha value is -2.49. The van der Waals surface area contributed by atoms with Gasteiger partial charge in [-0.2, -0.15) is 0 Å². The van der Waals surface area contributed by atoms with Crippen LogP contribution >= 0.6 is 0 Å². The molecule has 1 saturated carbocycles. The molecule has 0 spiro atoms. The molecule has 0 aromatic heterocycles. The van der Waals surface area contributed by atoms with E-state index in [4.69, 9.17) is 0 Å². The highest BCUT2D eigenvalue weighted by molar-refractivity contribution is 5.55. The molecule has 0 atom stereocenters. The van der Waals surface area contributed by atoms with Gasteiger partial charge in [0.05, 0.1) is 5.69 Å². The molecule has 1 aromatic rings. The van der Waals surface area contributed by atoms with Crippen LogP contribution in [-0.4, -0.2) is 30.5 Å². The van der Waals surface area contributed by atoms with Gasteiger partial charge in [0.1, 0.15) is 5.82 Å². The fourth-order valence-electron chi connectivity index (χ4n) is 4.36. The van der Waals surface area contributed by atoms with E-state index in [9.17, 15) is 4.39 Å². The molecule has 0 N–H and O–H groups in total. The van der Waals surface area contributed by atoms with Gasteiger partial charge in [0.15, 0.2) is 0 Å². The lowest BCUT2D eigenvalue weighted by atomic mass is 9.93. The van der Waals surface area contributed by atoms with Crippen LogP contribution in [-0.2, 0) is 0 Å². The molecule has 1 heterocycles. The molecule has 1 aliphatic heterocycles. The van der Waals surface area contributed by atoms with Gasteiger partial charge in [-0.05, 0) is 86.4 Å². The third kappa shape index (κ3) is 3.48. The van der Waals surface area contributed by atoms with Crippen molar-refractivity contribution in [2.24, 2.45) is 5.92 Å². The maximum absolute atomic E-state index is 13.7. The number of halogens is 1. The topological polar surface area (TPSA) is 9.72 Å². The molecule has 0 radical (unpaired) electrons. The minimum Gasteiger partial charge on any atom is -0.345 e.